The third kappa shape index (κ3) is 3.57. The van der Waals surface area contributed by atoms with E-state index in [0.29, 0.717) is 5.01 Å². The molecule has 0 aliphatic heterocycles. The van der Waals surface area contributed by atoms with Gasteiger partial charge < -0.3 is 10.5 Å². The van der Waals surface area contributed by atoms with Gasteiger partial charge in [0.25, 0.3) is 5.91 Å². The first-order valence-corrected chi connectivity index (χ1v) is 8.62. The van der Waals surface area contributed by atoms with Crippen molar-refractivity contribution >= 4 is 17.2 Å². The fraction of sp³-hybridized carbons (Fsp3) is 0.158. The molecule has 1 heterocycles. The number of benzene rings is 2. The van der Waals surface area contributed by atoms with Crippen LogP contribution in [0.1, 0.15) is 26.6 Å². The van der Waals surface area contributed by atoms with Crippen LogP contribution in [0.25, 0.3) is 10.4 Å². The lowest BCUT2D eigenvalue weighted by atomic mass is 10.1. The number of hydrogen-bond acceptors (Lipinski definition) is 4. The van der Waals surface area contributed by atoms with Gasteiger partial charge in [-0.3, -0.25) is 4.79 Å². The number of amides is 1. The number of carbonyl (C=O) groups is 1. The molecule has 3 aromatic rings. The summed E-state index contributed by atoms with van der Waals surface area (Å²) in [6.07, 6.45) is 0. The van der Waals surface area contributed by atoms with Gasteiger partial charge in [-0.05, 0) is 31.5 Å². The number of hydrogen-bond donors (Lipinski definition) is 1. The van der Waals surface area contributed by atoms with Crippen LogP contribution in [0.2, 0.25) is 0 Å². The molecule has 2 N–H and O–H groups in total. The zero-order valence-electron chi connectivity index (χ0n) is 14.2. The molecule has 0 atom stereocenters. The van der Waals surface area contributed by atoms with Gasteiger partial charge in [0, 0.05) is 0 Å². The Labute approximate surface area is 153 Å². The lowest BCUT2D eigenvalue weighted by Gasteiger charge is -2.08. The molecule has 0 radical (unpaired) electrons. The maximum absolute atomic E-state index is 14.2. The number of halogens is 2. The van der Waals surface area contributed by atoms with E-state index < -0.39 is 23.1 Å². The SMILES string of the molecule is Cc1ccc(-c2sc(COc3ccc(F)c(C(N)=O)c3F)nc2C)cc1. The van der Waals surface area contributed by atoms with Gasteiger partial charge in [0.2, 0.25) is 0 Å². The third-order valence-electron chi connectivity index (χ3n) is 3.81. The first-order valence-electron chi connectivity index (χ1n) is 7.80. The Balaban J connectivity index is 1.81. The topological polar surface area (TPSA) is 65.2 Å². The summed E-state index contributed by atoms with van der Waals surface area (Å²) >= 11 is 1.43. The zero-order chi connectivity index (χ0) is 18.8. The highest BCUT2D eigenvalue weighted by molar-refractivity contribution is 7.15. The molecular weight excluding hydrogens is 358 g/mol. The second kappa shape index (κ2) is 7.21. The lowest BCUT2D eigenvalue weighted by Crippen LogP contribution is -2.16. The predicted octanol–water partition coefficient (Wildman–Crippen LogP) is 4.38. The summed E-state index contributed by atoms with van der Waals surface area (Å²) < 4.78 is 33.1. The monoisotopic (exact) mass is 374 g/mol. The van der Waals surface area contributed by atoms with Crippen molar-refractivity contribution in [1.82, 2.24) is 4.98 Å². The second-order valence-corrected chi connectivity index (χ2v) is 6.86. The van der Waals surface area contributed by atoms with Crippen LogP contribution in [0.15, 0.2) is 36.4 Å². The highest BCUT2D eigenvalue weighted by Gasteiger charge is 2.19. The summed E-state index contributed by atoms with van der Waals surface area (Å²) in [5.41, 5.74) is 7.25. The fourth-order valence-electron chi connectivity index (χ4n) is 2.50. The summed E-state index contributed by atoms with van der Waals surface area (Å²) in [5, 5.41) is 0.641. The number of nitrogens with zero attached hydrogens (tertiary/aromatic N) is 1. The smallest absolute Gasteiger partial charge is 0.254 e. The number of thiazole rings is 1. The van der Waals surface area contributed by atoms with E-state index in [-0.39, 0.29) is 12.4 Å². The van der Waals surface area contributed by atoms with Crippen LogP contribution in [0.5, 0.6) is 5.75 Å². The van der Waals surface area contributed by atoms with Crippen LogP contribution in [0.3, 0.4) is 0 Å². The van der Waals surface area contributed by atoms with Gasteiger partial charge in [-0.25, -0.2) is 13.8 Å². The minimum absolute atomic E-state index is 0.00186. The molecule has 0 saturated heterocycles. The van der Waals surface area contributed by atoms with Crippen LogP contribution in [-0.4, -0.2) is 10.9 Å². The van der Waals surface area contributed by atoms with E-state index in [4.69, 9.17) is 10.5 Å². The molecule has 3 rings (SSSR count). The van der Waals surface area contributed by atoms with E-state index in [9.17, 15) is 13.6 Å². The minimum atomic E-state index is -1.18. The Bertz CT molecular complexity index is 968. The molecule has 0 aliphatic rings. The van der Waals surface area contributed by atoms with Gasteiger partial charge in [0.15, 0.2) is 11.6 Å². The number of nitrogens with two attached hydrogens (primary N) is 1. The Morgan fingerprint density at radius 3 is 2.50 bits per heavy atom. The third-order valence-corrected chi connectivity index (χ3v) is 4.99. The molecule has 26 heavy (non-hydrogen) atoms. The molecule has 1 aromatic heterocycles. The van der Waals surface area contributed by atoms with Crippen molar-refractivity contribution in [1.29, 1.82) is 0 Å². The Morgan fingerprint density at radius 2 is 1.85 bits per heavy atom. The van der Waals surface area contributed by atoms with E-state index in [1.54, 1.807) is 0 Å². The van der Waals surface area contributed by atoms with Crippen molar-refractivity contribution in [2.45, 2.75) is 20.5 Å². The van der Waals surface area contributed by atoms with Crippen molar-refractivity contribution < 1.29 is 18.3 Å². The number of primary amides is 1. The van der Waals surface area contributed by atoms with Gasteiger partial charge in [0.1, 0.15) is 23.0 Å². The van der Waals surface area contributed by atoms with Crippen LogP contribution in [0.4, 0.5) is 8.78 Å². The number of aryl methyl sites for hydroxylation is 2. The van der Waals surface area contributed by atoms with Crippen LogP contribution in [0, 0.1) is 25.5 Å². The summed E-state index contributed by atoms with van der Waals surface area (Å²) in [6, 6.07) is 10.1. The average molecular weight is 374 g/mol. The Kier molecular flexibility index (Phi) is 4.99. The second-order valence-electron chi connectivity index (χ2n) is 5.78. The largest absolute Gasteiger partial charge is 0.483 e. The predicted molar refractivity (Wildman–Crippen MR) is 96.2 cm³/mol. The molecule has 0 spiro atoms. The van der Waals surface area contributed by atoms with Gasteiger partial charge in [-0.1, -0.05) is 29.8 Å². The normalized spacial score (nSPS) is 10.8. The van der Waals surface area contributed by atoms with Crippen molar-refractivity contribution in [2.24, 2.45) is 5.73 Å². The van der Waals surface area contributed by atoms with Gasteiger partial charge in [0.05, 0.1) is 10.6 Å². The van der Waals surface area contributed by atoms with Crippen molar-refractivity contribution in [3.8, 4) is 16.2 Å². The van der Waals surface area contributed by atoms with E-state index >= 15 is 0 Å². The minimum Gasteiger partial charge on any atom is -0.483 e. The number of rotatable bonds is 5. The van der Waals surface area contributed by atoms with Gasteiger partial charge in [-0.15, -0.1) is 11.3 Å². The lowest BCUT2D eigenvalue weighted by molar-refractivity contribution is 0.0991. The van der Waals surface area contributed by atoms with Gasteiger partial charge >= 0.3 is 0 Å². The Morgan fingerprint density at radius 1 is 1.15 bits per heavy atom. The molecule has 0 fully saturated rings. The van der Waals surface area contributed by atoms with Gasteiger partial charge in [-0.2, -0.15) is 0 Å². The molecule has 0 aliphatic carbocycles. The van der Waals surface area contributed by atoms with Crippen LogP contribution >= 0.6 is 11.3 Å². The van der Waals surface area contributed by atoms with E-state index in [2.05, 4.69) is 4.98 Å². The van der Waals surface area contributed by atoms with E-state index in [1.807, 2.05) is 38.1 Å². The molecule has 0 unspecified atom stereocenters. The van der Waals surface area contributed by atoms with Crippen molar-refractivity contribution in [3.05, 3.63) is 69.9 Å². The van der Waals surface area contributed by atoms with Crippen LogP contribution < -0.4 is 10.5 Å². The van der Waals surface area contributed by atoms with Crippen molar-refractivity contribution in [3.63, 3.8) is 0 Å². The van der Waals surface area contributed by atoms with E-state index in [0.717, 1.165) is 33.8 Å². The molecule has 1 amide bonds. The number of carbonyl (C=O) groups excluding carboxylic acids is 1. The number of aromatic nitrogens is 1. The summed E-state index contributed by atoms with van der Waals surface area (Å²) in [4.78, 5) is 16.6. The fourth-order valence-corrected chi connectivity index (χ4v) is 3.48. The molecule has 0 saturated carbocycles. The number of ether oxygens (including phenoxy) is 1. The molecule has 2 aromatic carbocycles. The standard InChI is InChI=1S/C19H16F2N2O2S/c1-10-3-5-12(6-4-10)18-11(2)23-15(26-18)9-25-14-8-7-13(20)16(17(14)21)19(22)24/h3-8H,9H2,1-2H3,(H2,22,24). The molecule has 0 bridgehead atoms. The van der Waals surface area contributed by atoms with Crippen molar-refractivity contribution in [2.75, 3.05) is 0 Å². The molecule has 7 heteroatoms. The van der Waals surface area contributed by atoms with Crippen LogP contribution in [-0.2, 0) is 6.61 Å². The summed E-state index contributed by atoms with van der Waals surface area (Å²) in [6.45, 7) is 3.90. The summed E-state index contributed by atoms with van der Waals surface area (Å²) in [7, 11) is 0. The van der Waals surface area contributed by atoms with E-state index in [1.165, 1.54) is 11.3 Å². The zero-order valence-corrected chi connectivity index (χ0v) is 15.0. The molecule has 4 nitrogen and oxygen atoms in total. The average Bonchev–Trinajstić information content (AvgIpc) is 2.95. The quantitative estimate of drug-likeness (QED) is 0.721. The summed E-state index contributed by atoms with van der Waals surface area (Å²) in [5.74, 6) is -3.55. The molecule has 134 valence electrons. The maximum Gasteiger partial charge on any atom is 0.254 e. The highest BCUT2D eigenvalue weighted by atomic mass is 32.1. The first-order chi connectivity index (χ1) is 12.4. The highest BCUT2D eigenvalue weighted by Crippen LogP contribution is 2.31. The first kappa shape index (κ1) is 18.0. The maximum atomic E-state index is 14.2. The Hall–Kier alpha value is -2.80. The molecular formula is C19H16F2N2O2S.